The predicted molar refractivity (Wildman–Crippen MR) is 81.6 cm³/mol. The lowest BCUT2D eigenvalue weighted by Crippen LogP contribution is -2.36. The van der Waals surface area contributed by atoms with Crippen molar-refractivity contribution in [2.75, 3.05) is 0 Å². The molecule has 2 N–H and O–H groups in total. The molecular weight excluding hydrogens is 284 g/mol. The zero-order valence-electron chi connectivity index (χ0n) is 12.8. The number of pyridine rings is 1. The molecule has 2 rings (SSSR count). The zero-order chi connectivity index (χ0) is 16.3. The third-order valence-electron chi connectivity index (χ3n) is 3.13. The summed E-state index contributed by atoms with van der Waals surface area (Å²) in [6.07, 6.45) is 1.38. The molecule has 0 atom stereocenters. The highest BCUT2D eigenvalue weighted by Crippen LogP contribution is 2.04. The largest absolute Gasteiger partial charge is 0.350 e. The van der Waals surface area contributed by atoms with Crippen molar-refractivity contribution in [3.63, 3.8) is 0 Å². The topological polar surface area (TPSA) is 96.9 Å². The van der Waals surface area contributed by atoms with E-state index >= 15 is 0 Å². The van der Waals surface area contributed by atoms with Gasteiger partial charge in [0.1, 0.15) is 6.54 Å². The van der Waals surface area contributed by atoms with Crippen molar-refractivity contribution >= 4 is 5.91 Å². The highest BCUT2D eigenvalue weighted by Gasteiger charge is 2.07. The van der Waals surface area contributed by atoms with Gasteiger partial charge in [-0.1, -0.05) is 0 Å². The molecule has 2 heterocycles. The van der Waals surface area contributed by atoms with Crippen LogP contribution in [-0.4, -0.2) is 20.4 Å². The van der Waals surface area contributed by atoms with Gasteiger partial charge in [-0.15, -0.1) is 0 Å². The van der Waals surface area contributed by atoms with Gasteiger partial charge in [0.05, 0.1) is 0 Å². The second kappa shape index (κ2) is 6.38. The molecule has 2 aromatic rings. The molecular formula is C15H18N4O3. The van der Waals surface area contributed by atoms with E-state index in [9.17, 15) is 14.4 Å². The van der Waals surface area contributed by atoms with Gasteiger partial charge in [-0.25, -0.2) is 4.79 Å². The van der Waals surface area contributed by atoms with E-state index in [1.54, 1.807) is 6.92 Å². The molecule has 22 heavy (non-hydrogen) atoms. The van der Waals surface area contributed by atoms with Crippen molar-refractivity contribution in [3.05, 3.63) is 61.7 Å². The van der Waals surface area contributed by atoms with E-state index in [1.807, 2.05) is 26.0 Å². The molecule has 0 radical (unpaired) electrons. The number of rotatable bonds is 4. The number of amides is 1. The molecule has 0 aliphatic heterocycles. The Balaban J connectivity index is 2.03. The first kappa shape index (κ1) is 15.7. The molecule has 0 spiro atoms. The summed E-state index contributed by atoms with van der Waals surface area (Å²) in [6.45, 7) is 5.58. The minimum absolute atomic E-state index is 0.139. The van der Waals surface area contributed by atoms with Gasteiger partial charge >= 0.3 is 5.69 Å². The molecule has 116 valence electrons. The van der Waals surface area contributed by atoms with E-state index in [4.69, 9.17) is 0 Å². The third kappa shape index (κ3) is 3.91. The molecule has 2 aromatic heterocycles. The third-order valence-corrected chi connectivity index (χ3v) is 3.13. The summed E-state index contributed by atoms with van der Waals surface area (Å²) < 4.78 is 1.18. The number of aryl methyl sites for hydroxylation is 3. The van der Waals surface area contributed by atoms with Gasteiger partial charge in [-0.3, -0.25) is 24.1 Å². The van der Waals surface area contributed by atoms with Gasteiger partial charge in [0.2, 0.25) is 5.91 Å². The van der Waals surface area contributed by atoms with Crippen LogP contribution in [0.1, 0.15) is 22.5 Å². The molecule has 7 nitrogen and oxygen atoms in total. The fraction of sp³-hybridized carbons (Fsp3) is 0.333. The number of carbonyl (C=O) groups is 1. The summed E-state index contributed by atoms with van der Waals surface area (Å²) in [5, 5.41) is 2.74. The van der Waals surface area contributed by atoms with E-state index in [2.05, 4.69) is 15.3 Å². The average Bonchev–Trinajstić information content (AvgIpc) is 2.41. The lowest BCUT2D eigenvalue weighted by Gasteiger charge is -2.08. The van der Waals surface area contributed by atoms with Crippen LogP contribution in [0.15, 0.2) is 27.9 Å². The summed E-state index contributed by atoms with van der Waals surface area (Å²) in [7, 11) is 0. The Labute approximate surface area is 127 Å². The van der Waals surface area contributed by atoms with Gasteiger partial charge in [-0.2, -0.15) is 0 Å². The summed E-state index contributed by atoms with van der Waals surface area (Å²) in [5.74, 6) is -0.305. The molecule has 0 aromatic carbocycles. The van der Waals surface area contributed by atoms with Crippen molar-refractivity contribution in [2.24, 2.45) is 0 Å². The van der Waals surface area contributed by atoms with Gasteiger partial charge in [0.15, 0.2) is 0 Å². The molecule has 0 bridgehead atoms. The second-order valence-corrected chi connectivity index (χ2v) is 5.23. The van der Waals surface area contributed by atoms with Gasteiger partial charge in [0.25, 0.3) is 5.56 Å². The normalized spacial score (nSPS) is 10.5. The fourth-order valence-electron chi connectivity index (χ4n) is 2.17. The van der Waals surface area contributed by atoms with E-state index in [0.29, 0.717) is 12.1 Å². The SMILES string of the molecule is Cc1cc(CNC(=O)Cn2cc(C)c(=O)[nH]c2=O)cc(C)n1. The van der Waals surface area contributed by atoms with Crippen LogP contribution in [0.5, 0.6) is 0 Å². The number of carbonyl (C=O) groups excluding carboxylic acids is 1. The van der Waals surface area contributed by atoms with Crippen molar-refractivity contribution in [2.45, 2.75) is 33.9 Å². The molecule has 0 saturated heterocycles. The maximum absolute atomic E-state index is 11.9. The fourth-order valence-corrected chi connectivity index (χ4v) is 2.17. The molecule has 7 heteroatoms. The summed E-state index contributed by atoms with van der Waals surface area (Å²) in [4.78, 5) is 41.2. The number of hydrogen-bond donors (Lipinski definition) is 2. The van der Waals surface area contributed by atoms with Crippen LogP contribution in [0.25, 0.3) is 0 Å². The van der Waals surface area contributed by atoms with Crippen molar-refractivity contribution < 1.29 is 4.79 Å². The Morgan fingerprint density at radius 3 is 2.50 bits per heavy atom. The summed E-state index contributed by atoms with van der Waals surface area (Å²) in [5.41, 5.74) is 2.07. The Bertz CT molecular complexity index is 800. The number of aromatic nitrogens is 3. The average molecular weight is 302 g/mol. The minimum atomic E-state index is -0.596. The first-order valence-electron chi connectivity index (χ1n) is 6.86. The van der Waals surface area contributed by atoms with Crippen LogP contribution in [0, 0.1) is 20.8 Å². The van der Waals surface area contributed by atoms with Crippen LogP contribution in [0.4, 0.5) is 0 Å². The smallest absolute Gasteiger partial charge is 0.328 e. The van der Waals surface area contributed by atoms with E-state index in [0.717, 1.165) is 17.0 Å². The van der Waals surface area contributed by atoms with Crippen molar-refractivity contribution in [1.29, 1.82) is 0 Å². The van der Waals surface area contributed by atoms with Crippen LogP contribution in [-0.2, 0) is 17.9 Å². The second-order valence-electron chi connectivity index (χ2n) is 5.23. The molecule has 0 aliphatic carbocycles. The Morgan fingerprint density at radius 1 is 1.23 bits per heavy atom. The van der Waals surface area contributed by atoms with Crippen LogP contribution >= 0.6 is 0 Å². The maximum atomic E-state index is 11.9. The zero-order valence-corrected chi connectivity index (χ0v) is 12.8. The van der Waals surface area contributed by atoms with E-state index in [-0.39, 0.29) is 12.5 Å². The number of nitrogens with one attached hydrogen (secondary N) is 2. The van der Waals surface area contributed by atoms with Crippen LogP contribution < -0.4 is 16.6 Å². The highest BCUT2D eigenvalue weighted by molar-refractivity contribution is 5.75. The first-order chi connectivity index (χ1) is 10.3. The molecule has 0 unspecified atom stereocenters. The van der Waals surface area contributed by atoms with Crippen molar-refractivity contribution in [1.82, 2.24) is 19.9 Å². The number of aromatic amines is 1. The minimum Gasteiger partial charge on any atom is -0.350 e. The molecule has 1 amide bonds. The molecule has 0 saturated carbocycles. The Hall–Kier alpha value is -2.70. The monoisotopic (exact) mass is 302 g/mol. The van der Waals surface area contributed by atoms with Gasteiger partial charge < -0.3 is 5.32 Å². The van der Waals surface area contributed by atoms with Crippen molar-refractivity contribution in [3.8, 4) is 0 Å². The van der Waals surface area contributed by atoms with Gasteiger partial charge in [-0.05, 0) is 38.5 Å². The first-order valence-corrected chi connectivity index (χ1v) is 6.86. The highest BCUT2D eigenvalue weighted by atomic mass is 16.2. The van der Waals surface area contributed by atoms with E-state index < -0.39 is 11.2 Å². The molecule has 0 aliphatic rings. The molecule has 0 fully saturated rings. The number of H-pyrrole nitrogens is 1. The summed E-state index contributed by atoms with van der Waals surface area (Å²) >= 11 is 0. The number of nitrogens with zero attached hydrogens (tertiary/aromatic N) is 2. The summed E-state index contributed by atoms with van der Waals surface area (Å²) in [6, 6.07) is 3.78. The quantitative estimate of drug-likeness (QED) is 0.841. The Kier molecular flexibility index (Phi) is 4.55. The van der Waals surface area contributed by atoms with E-state index in [1.165, 1.54) is 10.8 Å². The maximum Gasteiger partial charge on any atom is 0.328 e. The lowest BCUT2D eigenvalue weighted by atomic mass is 10.2. The van der Waals surface area contributed by atoms with Crippen LogP contribution in [0.2, 0.25) is 0 Å². The Morgan fingerprint density at radius 2 is 1.86 bits per heavy atom. The van der Waals surface area contributed by atoms with Crippen LogP contribution in [0.3, 0.4) is 0 Å². The lowest BCUT2D eigenvalue weighted by molar-refractivity contribution is -0.121. The number of hydrogen-bond acceptors (Lipinski definition) is 4. The predicted octanol–water partition coefficient (Wildman–Crippen LogP) is 0.173. The van der Waals surface area contributed by atoms with Gasteiger partial charge in [0, 0.05) is 29.7 Å². The standard InChI is InChI=1S/C15H18N4O3/c1-9-7-19(15(22)18-14(9)21)8-13(20)16-6-12-4-10(2)17-11(3)5-12/h4-5,7H,6,8H2,1-3H3,(H,16,20)(H,18,21,22).